The molecule has 0 fully saturated rings. The molecule has 28 heavy (non-hydrogen) atoms. The number of carbonyl (C=O) groups excluding carboxylic acids is 1. The highest BCUT2D eigenvalue weighted by molar-refractivity contribution is 5.99. The van der Waals surface area contributed by atoms with Crippen LogP contribution in [0.25, 0.3) is 11.1 Å². The SMILES string of the molecule is CCC(COCc1ccccc1)NC(=O)c1cc(-c2cnn(C)c2)cnc1N. The third kappa shape index (κ3) is 4.95. The zero-order chi connectivity index (χ0) is 19.9. The van der Waals surface area contributed by atoms with E-state index in [1.54, 1.807) is 23.1 Å². The first-order chi connectivity index (χ1) is 13.6. The van der Waals surface area contributed by atoms with Crippen LogP contribution in [0.4, 0.5) is 5.82 Å². The highest BCUT2D eigenvalue weighted by atomic mass is 16.5. The molecule has 0 bridgehead atoms. The van der Waals surface area contributed by atoms with Crippen molar-refractivity contribution in [2.75, 3.05) is 12.3 Å². The summed E-state index contributed by atoms with van der Waals surface area (Å²) in [5.74, 6) is -0.0592. The van der Waals surface area contributed by atoms with E-state index in [1.165, 1.54) is 0 Å². The van der Waals surface area contributed by atoms with E-state index in [2.05, 4.69) is 15.4 Å². The fourth-order valence-electron chi connectivity index (χ4n) is 2.80. The van der Waals surface area contributed by atoms with Crippen LogP contribution in [0.5, 0.6) is 0 Å². The molecular weight excluding hydrogens is 354 g/mol. The number of aryl methyl sites for hydroxylation is 1. The molecule has 1 unspecified atom stereocenters. The van der Waals surface area contributed by atoms with Crippen LogP contribution in [0.1, 0.15) is 29.3 Å². The predicted octanol–water partition coefficient (Wildman–Crippen LogP) is 2.79. The van der Waals surface area contributed by atoms with Crippen molar-refractivity contribution >= 4 is 11.7 Å². The van der Waals surface area contributed by atoms with Gasteiger partial charge in [0.2, 0.25) is 0 Å². The maximum Gasteiger partial charge on any atom is 0.255 e. The van der Waals surface area contributed by atoms with Crippen molar-refractivity contribution in [3.05, 3.63) is 66.1 Å². The van der Waals surface area contributed by atoms with E-state index < -0.39 is 0 Å². The molecule has 0 saturated heterocycles. The second kappa shape index (κ2) is 9.14. The van der Waals surface area contributed by atoms with E-state index in [0.29, 0.717) is 18.8 Å². The van der Waals surface area contributed by atoms with Gasteiger partial charge < -0.3 is 15.8 Å². The van der Waals surface area contributed by atoms with Crippen LogP contribution in [-0.2, 0) is 18.4 Å². The van der Waals surface area contributed by atoms with Crippen molar-refractivity contribution in [2.24, 2.45) is 7.05 Å². The summed E-state index contributed by atoms with van der Waals surface area (Å²) in [6.45, 7) is 2.94. The number of pyridine rings is 1. The Morgan fingerprint density at radius 2 is 2.04 bits per heavy atom. The lowest BCUT2D eigenvalue weighted by Crippen LogP contribution is -2.38. The zero-order valence-electron chi connectivity index (χ0n) is 16.1. The topological polar surface area (TPSA) is 95.1 Å². The fraction of sp³-hybridized carbons (Fsp3) is 0.286. The van der Waals surface area contributed by atoms with Crippen LogP contribution in [0, 0.1) is 0 Å². The molecule has 1 amide bonds. The van der Waals surface area contributed by atoms with Crippen molar-refractivity contribution in [3.8, 4) is 11.1 Å². The van der Waals surface area contributed by atoms with Crippen LogP contribution in [0.3, 0.4) is 0 Å². The molecule has 0 saturated carbocycles. The molecule has 3 rings (SSSR count). The number of nitrogens with one attached hydrogen (secondary N) is 1. The van der Waals surface area contributed by atoms with Crippen molar-refractivity contribution in [1.82, 2.24) is 20.1 Å². The van der Waals surface area contributed by atoms with Crippen molar-refractivity contribution in [3.63, 3.8) is 0 Å². The summed E-state index contributed by atoms with van der Waals surface area (Å²) >= 11 is 0. The van der Waals surface area contributed by atoms with Crippen molar-refractivity contribution in [1.29, 1.82) is 0 Å². The lowest BCUT2D eigenvalue weighted by molar-refractivity contribution is 0.0792. The van der Waals surface area contributed by atoms with Gasteiger partial charge in [-0.2, -0.15) is 5.10 Å². The van der Waals surface area contributed by atoms with Gasteiger partial charge in [-0.3, -0.25) is 9.48 Å². The smallest absolute Gasteiger partial charge is 0.255 e. The third-order valence-electron chi connectivity index (χ3n) is 4.46. The normalized spacial score (nSPS) is 11.9. The van der Waals surface area contributed by atoms with Crippen LogP contribution in [0.2, 0.25) is 0 Å². The lowest BCUT2D eigenvalue weighted by atomic mass is 10.1. The molecule has 7 nitrogen and oxygen atoms in total. The summed E-state index contributed by atoms with van der Waals surface area (Å²) in [4.78, 5) is 16.9. The Balaban J connectivity index is 1.63. The quantitative estimate of drug-likeness (QED) is 0.627. The summed E-state index contributed by atoms with van der Waals surface area (Å²) in [6.07, 6.45) is 5.97. The summed E-state index contributed by atoms with van der Waals surface area (Å²) < 4.78 is 7.46. The van der Waals surface area contributed by atoms with E-state index >= 15 is 0 Å². The predicted molar refractivity (Wildman–Crippen MR) is 108 cm³/mol. The highest BCUT2D eigenvalue weighted by Gasteiger charge is 2.17. The van der Waals surface area contributed by atoms with Crippen LogP contribution in [0.15, 0.2) is 55.0 Å². The number of ether oxygens (including phenoxy) is 1. The summed E-state index contributed by atoms with van der Waals surface area (Å²) in [6, 6.07) is 11.6. The molecule has 7 heteroatoms. The van der Waals surface area contributed by atoms with E-state index in [9.17, 15) is 4.79 Å². The van der Waals surface area contributed by atoms with Gasteiger partial charge >= 0.3 is 0 Å². The Morgan fingerprint density at radius 3 is 2.71 bits per heavy atom. The minimum atomic E-state index is -0.258. The molecule has 1 aromatic carbocycles. The van der Waals surface area contributed by atoms with Gasteiger partial charge in [-0.1, -0.05) is 37.3 Å². The Kier molecular flexibility index (Phi) is 6.39. The molecule has 0 radical (unpaired) electrons. The molecule has 3 N–H and O–H groups in total. The number of nitrogen functional groups attached to an aromatic ring is 1. The van der Waals surface area contributed by atoms with Gasteiger partial charge in [0.25, 0.3) is 5.91 Å². The minimum Gasteiger partial charge on any atom is -0.383 e. The molecule has 146 valence electrons. The lowest BCUT2D eigenvalue weighted by Gasteiger charge is -2.18. The zero-order valence-corrected chi connectivity index (χ0v) is 16.1. The number of amides is 1. The standard InChI is InChI=1S/C21H25N5O2/c1-3-18(14-28-13-15-7-5-4-6-8-15)25-21(27)19-9-16(10-23-20(19)22)17-11-24-26(2)12-17/h4-12,18H,3,13-14H2,1-2H3,(H2,22,23)(H,25,27). The second-order valence-corrected chi connectivity index (χ2v) is 6.64. The first-order valence-corrected chi connectivity index (χ1v) is 9.24. The number of benzene rings is 1. The van der Waals surface area contributed by atoms with E-state index in [0.717, 1.165) is 23.1 Å². The van der Waals surface area contributed by atoms with Crippen LogP contribution < -0.4 is 11.1 Å². The van der Waals surface area contributed by atoms with Gasteiger partial charge in [-0.25, -0.2) is 4.98 Å². The Labute approximate surface area is 164 Å². The van der Waals surface area contributed by atoms with E-state index in [-0.39, 0.29) is 17.8 Å². The molecule has 2 aromatic heterocycles. The number of aromatic nitrogens is 3. The molecule has 2 heterocycles. The van der Waals surface area contributed by atoms with E-state index in [1.807, 2.05) is 50.5 Å². The average Bonchev–Trinajstić information content (AvgIpc) is 3.14. The molecule has 0 aliphatic rings. The summed E-state index contributed by atoms with van der Waals surface area (Å²) in [5, 5.41) is 7.14. The van der Waals surface area contributed by atoms with Gasteiger partial charge in [-0.05, 0) is 18.1 Å². The molecule has 0 aliphatic carbocycles. The monoisotopic (exact) mass is 379 g/mol. The second-order valence-electron chi connectivity index (χ2n) is 6.64. The molecular formula is C21H25N5O2. The van der Waals surface area contributed by atoms with Gasteiger partial charge in [-0.15, -0.1) is 0 Å². The number of nitrogens with two attached hydrogens (primary N) is 1. The number of hydrogen-bond acceptors (Lipinski definition) is 5. The Morgan fingerprint density at radius 1 is 1.25 bits per heavy atom. The fourth-order valence-corrected chi connectivity index (χ4v) is 2.80. The van der Waals surface area contributed by atoms with Crippen molar-refractivity contribution < 1.29 is 9.53 Å². The molecule has 3 aromatic rings. The summed E-state index contributed by atoms with van der Waals surface area (Å²) in [5.41, 5.74) is 9.06. The van der Waals surface area contributed by atoms with Crippen LogP contribution >= 0.6 is 0 Å². The maximum absolute atomic E-state index is 12.7. The largest absolute Gasteiger partial charge is 0.383 e. The molecule has 1 atom stereocenters. The van der Waals surface area contributed by atoms with E-state index in [4.69, 9.17) is 10.5 Å². The van der Waals surface area contributed by atoms with Crippen LogP contribution in [-0.4, -0.2) is 33.3 Å². The highest BCUT2D eigenvalue weighted by Crippen LogP contribution is 2.21. The summed E-state index contributed by atoms with van der Waals surface area (Å²) in [7, 11) is 1.84. The minimum absolute atomic E-state index is 0.113. The van der Waals surface area contributed by atoms with Gasteiger partial charge in [0.05, 0.1) is 31.0 Å². The number of rotatable bonds is 8. The third-order valence-corrected chi connectivity index (χ3v) is 4.46. The number of nitrogens with zero attached hydrogens (tertiary/aromatic N) is 3. The first-order valence-electron chi connectivity index (χ1n) is 9.24. The van der Waals surface area contributed by atoms with Crippen molar-refractivity contribution in [2.45, 2.75) is 26.0 Å². The Bertz CT molecular complexity index is 924. The molecule has 0 spiro atoms. The number of hydrogen-bond donors (Lipinski definition) is 2. The van der Waals surface area contributed by atoms with Gasteiger partial charge in [0, 0.05) is 30.6 Å². The maximum atomic E-state index is 12.7. The first kappa shape index (κ1) is 19.6. The average molecular weight is 379 g/mol. The number of carbonyl (C=O) groups is 1. The van der Waals surface area contributed by atoms with Gasteiger partial charge in [0.15, 0.2) is 0 Å². The molecule has 0 aliphatic heterocycles. The number of anilines is 1. The van der Waals surface area contributed by atoms with Gasteiger partial charge in [0.1, 0.15) is 5.82 Å². The Hall–Kier alpha value is -3.19.